The second-order valence-corrected chi connectivity index (χ2v) is 8.64. The van der Waals surface area contributed by atoms with Gasteiger partial charge in [0.2, 0.25) is 0 Å². The van der Waals surface area contributed by atoms with Gasteiger partial charge < -0.3 is 19.8 Å². The highest BCUT2D eigenvalue weighted by Crippen LogP contribution is 2.32. The first-order chi connectivity index (χ1) is 13.5. The number of piperidine rings is 1. The van der Waals surface area contributed by atoms with Crippen LogP contribution in [0.3, 0.4) is 0 Å². The zero-order valence-electron chi connectivity index (χ0n) is 15.9. The van der Waals surface area contributed by atoms with Crippen LogP contribution in [-0.4, -0.2) is 57.4 Å². The van der Waals surface area contributed by atoms with Crippen LogP contribution in [0.4, 0.5) is 0 Å². The number of aliphatic hydroxyl groups excluding tert-OH is 1. The molecule has 1 saturated heterocycles. The van der Waals surface area contributed by atoms with Crippen molar-refractivity contribution in [2.75, 3.05) is 26.2 Å². The van der Waals surface area contributed by atoms with E-state index in [0.29, 0.717) is 19.4 Å². The van der Waals surface area contributed by atoms with Gasteiger partial charge in [0.25, 0.3) is 0 Å². The Labute approximate surface area is 168 Å². The number of aryl methyl sites for hydroxylation is 1. The number of nitrogens with zero attached hydrogens (tertiary/aromatic N) is 3. The molecule has 6 nitrogen and oxygen atoms in total. The van der Waals surface area contributed by atoms with E-state index < -0.39 is 11.7 Å². The lowest BCUT2D eigenvalue weighted by atomic mass is 9.85. The molecule has 0 spiro atoms. The monoisotopic (exact) mass is 399 g/mol. The molecule has 1 aliphatic heterocycles. The van der Waals surface area contributed by atoms with Crippen molar-refractivity contribution in [3.05, 3.63) is 53.3 Å². The van der Waals surface area contributed by atoms with E-state index in [0.717, 1.165) is 39.6 Å². The lowest BCUT2D eigenvalue weighted by Gasteiger charge is -2.39. The average Bonchev–Trinajstić information content (AvgIpc) is 3.08. The second kappa shape index (κ2) is 8.13. The first-order valence-corrected chi connectivity index (χ1v) is 10.4. The molecule has 2 aromatic heterocycles. The first-order valence-electron chi connectivity index (χ1n) is 9.55. The zero-order chi connectivity index (χ0) is 19.6. The van der Waals surface area contributed by atoms with Crippen LogP contribution in [-0.2, 0) is 5.60 Å². The highest BCUT2D eigenvalue weighted by Gasteiger charge is 2.34. The third kappa shape index (κ3) is 4.33. The topological polar surface area (TPSA) is 78.7 Å². The number of β-amino-alcohol motifs (C(OH)–C–C–N with tert-alkyl or cyclic N) is 1. The largest absolute Gasteiger partial charge is 0.491 e. The summed E-state index contributed by atoms with van der Waals surface area (Å²) in [5, 5.41) is 22.3. The predicted molar refractivity (Wildman–Crippen MR) is 110 cm³/mol. The molecule has 7 heteroatoms. The Bertz CT molecular complexity index is 923. The summed E-state index contributed by atoms with van der Waals surface area (Å²) in [6.45, 7) is 4.21. The standard InChI is InChI=1S/C21H25N3O3S/c1-15-23-19-11-18(4-5-20(19)28-15)27-14-17(25)13-24-9-6-21(26,7-10-24)16-3-2-8-22-12-16/h2-5,8,11-12,17,25-26H,6-7,9-10,13-14H2,1H3. The smallest absolute Gasteiger partial charge is 0.121 e. The maximum atomic E-state index is 10.9. The number of aromatic nitrogens is 2. The van der Waals surface area contributed by atoms with Crippen LogP contribution in [0.2, 0.25) is 0 Å². The summed E-state index contributed by atoms with van der Waals surface area (Å²) >= 11 is 1.66. The summed E-state index contributed by atoms with van der Waals surface area (Å²) in [4.78, 5) is 10.8. The number of hydrogen-bond acceptors (Lipinski definition) is 7. The molecule has 2 N–H and O–H groups in total. The van der Waals surface area contributed by atoms with E-state index in [1.54, 1.807) is 23.7 Å². The lowest BCUT2D eigenvalue weighted by Crippen LogP contribution is -2.46. The molecule has 28 heavy (non-hydrogen) atoms. The van der Waals surface area contributed by atoms with Crippen LogP contribution >= 0.6 is 11.3 Å². The summed E-state index contributed by atoms with van der Waals surface area (Å²) in [6, 6.07) is 9.62. The van der Waals surface area contributed by atoms with Crippen LogP contribution in [0.25, 0.3) is 10.2 Å². The van der Waals surface area contributed by atoms with E-state index in [2.05, 4.69) is 14.9 Å². The van der Waals surface area contributed by atoms with Crippen LogP contribution in [0, 0.1) is 6.92 Å². The molecule has 1 aromatic carbocycles. The third-order valence-corrected chi connectivity index (χ3v) is 6.21. The van der Waals surface area contributed by atoms with Crippen molar-refractivity contribution in [1.82, 2.24) is 14.9 Å². The van der Waals surface area contributed by atoms with E-state index in [4.69, 9.17) is 4.74 Å². The van der Waals surface area contributed by atoms with Crippen LogP contribution < -0.4 is 4.74 Å². The summed E-state index contributed by atoms with van der Waals surface area (Å²) in [7, 11) is 0. The molecule has 3 heterocycles. The minimum absolute atomic E-state index is 0.234. The molecule has 4 rings (SSSR count). The van der Waals surface area contributed by atoms with Gasteiger partial charge in [0.15, 0.2) is 0 Å². The summed E-state index contributed by atoms with van der Waals surface area (Å²) in [5.41, 5.74) is 0.971. The molecule has 1 atom stereocenters. The Morgan fingerprint density at radius 3 is 2.86 bits per heavy atom. The van der Waals surface area contributed by atoms with Crippen molar-refractivity contribution < 1.29 is 14.9 Å². The van der Waals surface area contributed by atoms with Crippen molar-refractivity contribution in [3.8, 4) is 5.75 Å². The van der Waals surface area contributed by atoms with E-state index in [1.807, 2.05) is 37.3 Å². The predicted octanol–water partition coefficient (Wildman–Crippen LogP) is 2.72. The van der Waals surface area contributed by atoms with Gasteiger partial charge in [0.1, 0.15) is 18.5 Å². The Morgan fingerprint density at radius 1 is 1.29 bits per heavy atom. The number of benzene rings is 1. The van der Waals surface area contributed by atoms with Gasteiger partial charge >= 0.3 is 0 Å². The summed E-state index contributed by atoms with van der Waals surface area (Å²) < 4.78 is 6.91. The van der Waals surface area contributed by atoms with E-state index in [-0.39, 0.29) is 6.61 Å². The van der Waals surface area contributed by atoms with Gasteiger partial charge in [-0.05, 0) is 38.0 Å². The first kappa shape index (κ1) is 19.3. The van der Waals surface area contributed by atoms with Crippen LogP contribution in [0.15, 0.2) is 42.7 Å². The molecular weight excluding hydrogens is 374 g/mol. The Kier molecular flexibility index (Phi) is 5.59. The number of pyridine rings is 1. The van der Waals surface area contributed by atoms with Crippen LogP contribution in [0.5, 0.6) is 5.75 Å². The van der Waals surface area contributed by atoms with Gasteiger partial charge in [-0.3, -0.25) is 4.98 Å². The number of rotatable bonds is 6. The van der Waals surface area contributed by atoms with Gasteiger partial charge in [-0.15, -0.1) is 11.3 Å². The minimum Gasteiger partial charge on any atom is -0.491 e. The van der Waals surface area contributed by atoms with Crippen molar-refractivity contribution in [3.63, 3.8) is 0 Å². The zero-order valence-corrected chi connectivity index (χ0v) is 16.7. The van der Waals surface area contributed by atoms with Gasteiger partial charge in [-0.2, -0.15) is 0 Å². The molecule has 1 aliphatic rings. The average molecular weight is 400 g/mol. The molecule has 148 valence electrons. The SMILES string of the molecule is Cc1nc2cc(OCC(O)CN3CCC(O)(c4cccnc4)CC3)ccc2s1. The van der Waals surface area contributed by atoms with Crippen molar-refractivity contribution in [2.45, 2.75) is 31.5 Å². The third-order valence-electron chi connectivity index (χ3n) is 5.26. The molecule has 3 aromatic rings. The fraction of sp³-hybridized carbons (Fsp3) is 0.429. The molecule has 1 fully saturated rings. The molecule has 0 saturated carbocycles. The Morgan fingerprint density at radius 2 is 2.11 bits per heavy atom. The summed E-state index contributed by atoms with van der Waals surface area (Å²) in [6.07, 6.45) is 4.13. The molecular formula is C21H25N3O3S. The molecule has 1 unspecified atom stereocenters. The number of ether oxygens (including phenoxy) is 1. The molecule has 0 radical (unpaired) electrons. The number of aliphatic hydroxyl groups is 2. The lowest BCUT2D eigenvalue weighted by molar-refractivity contribution is -0.0374. The molecule has 0 aliphatic carbocycles. The minimum atomic E-state index is -0.826. The number of thiazole rings is 1. The van der Waals surface area contributed by atoms with Crippen molar-refractivity contribution in [2.24, 2.45) is 0 Å². The second-order valence-electron chi connectivity index (χ2n) is 7.40. The van der Waals surface area contributed by atoms with Crippen molar-refractivity contribution in [1.29, 1.82) is 0 Å². The maximum Gasteiger partial charge on any atom is 0.121 e. The Hall–Kier alpha value is -2.06. The number of likely N-dealkylation sites (tertiary alicyclic amines) is 1. The van der Waals surface area contributed by atoms with E-state index >= 15 is 0 Å². The van der Waals surface area contributed by atoms with Gasteiger partial charge in [0, 0.05) is 43.7 Å². The van der Waals surface area contributed by atoms with Crippen molar-refractivity contribution >= 4 is 21.6 Å². The molecule has 0 amide bonds. The number of hydrogen-bond donors (Lipinski definition) is 2. The van der Waals surface area contributed by atoms with Gasteiger partial charge in [-0.25, -0.2) is 4.98 Å². The van der Waals surface area contributed by atoms with E-state index in [9.17, 15) is 10.2 Å². The summed E-state index contributed by atoms with van der Waals surface area (Å²) in [5.74, 6) is 0.724. The van der Waals surface area contributed by atoms with E-state index in [1.165, 1.54) is 0 Å². The highest BCUT2D eigenvalue weighted by atomic mass is 32.1. The molecule has 0 bridgehead atoms. The highest BCUT2D eigenvalue weighted by molar-refractivity contribution is 7.18. The Balaban J connectivity index is 1.27. The van der Waals surface area contributed by atoms with Crippen LogP contribution in [0.1, 0.15) is 23.4 Å². The van der Waals surface area contributed by atoms with Gasteiger partial charge in [0.05, 0.1) is 20.8 Å². The normalized spacial score (nSPS) is 18.2. The quantitative estimate of drug-likeness (QED) is 0.664. The fourth-order valence-corrected chi connectivity index (χ4v) is 4.50. The fourth-order valence-electron chi connectivity index (χ4n) is 3.69. The maximum absolute atomic E-state index is 10.9. The number of fused-ring (bicyclic) bond motifs is 1. The van der Waals surface area contributed by atoms with Gasteiger partial charge in [-0.1, -0.05) is 6.07 Å².